The van der Waals surface area contributed by atoms with Crippen LogP contribution in [0.25, 0.3) is 0 Å². The van der Waals surface area contributed by atoms with Crippen molar-refractivity contribution in [1.29, 1.82) is 0 Å². The van der Waals surface area contributed by atoms with Gasteiger partial charge >= 0.3 is 0 Å². The van der Waals surface area contributed by atoms with Crippen molar-refractivity contribution in [3.05, 3.63) is 22.8 Å². The third-order valence-corrected chi connectivity index (χ3v) is 1.17. The fourth-order valence-electron chi connectivity index (χ4n) is 0.334. The highest BCUT2D eigenvalue weighted by Crippen LogP contribution is 2.04. The Bertz CT molecular complexity index is 144. The number of aliphatic imine (C=N–C) groups is 1. The van der Waals surface area contributed by atoms with Gasteiger partial charge in [-0.15, -0.1) is 0 Å². The lowest BCUT2D eigenvalue weighted by atomic mass is 10.4. The van der Waals surface area contributed by atoms with Crippen LogP contribution in [0.15, 0.2) is 22.8 Å². The van der Waals surface area contributed by atoms with Gasteiger partial charge in [-0.2, -0.15) is 0 Å². The minimum absolute atomic E-state index is 1.07. The molecule has 1 radical (unpaired) electrons. The molecule has 2 heteroatoms. The number of hydrogen-bond acceptors (Lipinski definition) is 1. The first-order chi connectivity index (χ1) is 3.39. The van der Waals surface area contributed by atoms with Crippen LogP contribution in [0.2, 0.25) is 0 Å². The van der Waals surface area contributed by atoms with Crippen LogP contribution in [0.3, 0.4) is 0 Å². The highest BCUT2D eigenvalue weighted by Gasteiger charge is 1.91. The molecule has 0 aromatic heterocycles. The number of rotatable bonds is 0. The summed E-state index contributed by atoms with van der Waals surface area (Å²) in [6, 6.07) is 0. The van der Waals surface area contributed by atoms with Crippen molar-refractivity contribution in [3.8, 4) is 0 Å². The van der Waals surface area contributed by atoms with E-state index in [-0.39, 0.29) is 0 Å². The number of hydrogen-bond donors (Lipinski definition) is 0. The Morgan fingerprint density at radius 3 is 2.71 bits per heavy atom. The van der Waals surface area contributed by atoms with Gasteiger partial charge in [0.15, 0.2) is 0 Å². The van der Waals surface area contributed by atoms with Crippen molar-refractivity contribution in [2.45, 2.75) is 0 Å². The van der Waals surface area contributed by atoms with Crippen molar-refractivity contribution in [3.63, 3.8) is 0 Å². The van der Waals surface area contributed by atoms with Crippen molar-refractivity contribution in [2.75, 3.05) is 0 Å². The number of allylic oxidation sites excluding steroid dienone is 3. The maximum absolute atomic E-state index is 3.82. The third kappa shape index (κ3) is 1.27. The zero-order valence-corrected chi connectivity index (χ0v) is 5.22. The Morgan fingerprint density at radius 1 is 1.57 bits per heavy atom. The summed E-state index contributed by atoms with van der Waals surface area (Å²) in [7, 11) is 0. The normalized spacial score (nSPS) is 17.0. The zero-order chi connectivity index (χ0) is 5.11. The Hall–Kier alpha value is -0.370. The van der Waals surface area contributed by atoms with Crippen molar-refractivity contribution >= 4 is 22.1 Å². The molecule has 1 aliphatic heterocycles. The fourth-order valence-corrected chi connectivity index (χ4v) is 0.570. The minimum atomic E-state index is 1.07. The van der Waals surface area contributed by atoms with E-state index in [4.69, 9.17) is 0 Å². The van der Waals surface area contributed by atoms with Gasteiger partial charge in [-0.05, 0) is 0 Å². The lowest BCUT2D eigenvalue weighted by Crippen LogP contribution is -1.83. The van der Waals surface area contributed by atoms with E-state index in [0.717, 1.165) is 4.48 Å². The predicted molar refractivity (Wildman–Crippen MR) is 34.3 cm³/mol. The standard InChI is InChI=1S/C5H4BrN/c6-5-1-3-7-4-2-5/h1-4H/q+1. The van der Waals surface area contributed by atoms with E-state index in [1.807, 2.05) is 12.2 Å². The van der Waals surface area contributed by atoms with Crippen LogP contribution < -0.4 is 4.99 Å². The van der Waals surface area contributed by atoms with Crippen LogP contribution in [-0.2, 0) is 0 Å². The van der Waals surface area contributed by atoms with Gasteiger partial charge in [0, 0.05) is 16.6 Å². The largest absolute Gasteiger partial charge is 0.243 e. The molecule has 0 bridgehead atoms. The highest BCUT2D eigenvalue weighted by molar-refractivity contribution is 9.11. The second-order valence-electron chi connectivity index (χ2n) is 1.17. The monoisotopic (exact) mass is 157 g/mol. The molecule has 0 atom stereocenters. The minimum Gasteiger partial charge on any atom is -0.0504 e. The van der Waals surface area contributed by atoms with E-state index in [0.29, 0.717) is 0 Å². The Kier molecular flexibility index (Phi) is 1.42. The Morgan fingerprint density at radius 2 is 2.43 bits per heavy atom. The molecule has 0 saturated heterocycles. The van der Waals surface area contributed by atoms with Crippen LogP contribution in [0.4, 0.5) is 0 Å². The van der Waals surface area contributed by atoms with E-state index in [2.05, 4.69) is 20.9 Å². The average Bonchev–Trinajstić information content (AvgIpc) is 1.69. The van der Waals surface area contributed by atoms with Crippen molar-refractivity contribution in [1.82, 2.24) is 4.99 Å². The number of nitrogens with zero attached hydrogens (tertiary/aromatic N) is 1. The summed E-state index contributed by atoms with van der Waals surface area (Å²) in [4.78, 5) is 3.82. The van der Waals surface area contributed by atoms with Gasteiger partial charge in [-0.1, -0.05) is 15.9 Å². The summed E-state index contributed by atoms with van der Waals surface area (Å²) in [5.74, 6) is 0. The van der Waals surface area contributed by atoms with E-state index in [9.17, 15) is 0 Å². The SMILES string of the molecule is BrC1=CC=[N+]C=C1. The Balaban J connectivity index is 2.82. The molecule has 0 unspecified atom stereocenters. The van der Waals surface area contributed by atoms with E-state index in [1.165, 1.54) is 0 Å². The van der Waals surface area contributed by atoms with E-state index >= 15 is 0 Å². The van der Waals surface area contributed by atoms with Gasteiger partial charge in [0.1, 0.15) is 0 Å². The van der Waals surface area contributed by atoms with Gasteiger partial charge in [-0.3, -0.25) is 0 Å². The third-order valence-electron chi connectivity index (χ3n) is 0.640. The summed E-state index contributed by atoms with van der Waals surface area (Å²) < 4.78 is 1.07. The summed E-state index contributed by atoms with van der Waals surface area (Å²) in [5.41, 5.74) is 0. The van der Waals surface area contributed by atoms with Crippen LogP contribution >= 0.6 is 15.9 Å². The zero-order valence-electron chi connectivity index (χ0n) is 3.63. The molecule has 7 heavy (non-hydrogen) atoms. The number of halogens is 1. The molecule has 1 nitrogen and oxygen atoms in total. The molecule has 0 spiro atoms. The first-order valence-electron chi connectivity index (χ1n) is 1.95. The summed E-state index contributed by atoms with van der Waals surface area (Å²) >= 11 is 3.27. The smallest absolute Gasteiger partial charge is 0.0504 e. The summed E-state index contributed by atoms with van der Waals surface area (Å²) in [6.07, 6.45) is 7.26. The first kappa shape index (κ1) is 4.78. The lowest BCUT2D eigenvalue weighted by molar-refractivity contribution is 1.39. The molecule has 0 aromatic rings. The van der Waals surface area contributed by atoms with E-state index in [1.54, 1.807) is 12.4 Å². The Labute approximate surface area is 50.6 Å². The topological polar surface area (TPSA) is 14.1 Å². The molecule has 1 heterocycles. The van der Waals surface area contributed by atoms with Crippen LogP contribution in [0.1, 0.15) is 0 Å². The summed E-state index contributed by atoms with van der Waals surface area (Å²) in [5, 5.41) is 0. The molecule has 1 rings (SSSR count). The lowest BCUT2D eigenvalue weighted by Gasteiger charge is -1.77. The second-order valence-corrected chi connectivity index (χ2v) is 2.08. The first-order valence-corrected chi connectivity index (χ1v) is 2.74. The van der Waals surface area contributed by atoms with Gasteiger partial charge in [0.25, 0.3) is 0 Å². The molecule has 0 amide bonds. The molecule has 0 N–H and O–H groups in total. The molecule has 0 saturated carbocycles. The predicted octanol–water partition coefficient (Wildman–Crippen LogP) is 1.20. The van der Waals surface area contributed by atoms with E-state index < -0.39 is 0 Å². The molecule has 0 aliphatic carbocycles. The molecule has 0 aromatic carbocycles. The molecule has 35 valence electrons. The maximum atomic E-state index is 3.82. The van der Waals surface area contributed by atoms with Gasteiger partial charge in [0.2, 0.25) is 12.4 Å². The molecular weight excluding hydrogens is 154 g/mol. The molecule has 0 fully saturated rings. The molecular formula is C5H4BrN+. The van der Waals surface area contributed by atoms with Crippen molar-refractivity contribution in [2.24, 2.45) is 0 Å². The maximum Gasteiger partial charge on any atom is 0.243 e. The highest BCUT2D eigenvalue weighted by atomic mass is 79.9. The quantitative estimate of drug-likeness (QED) is 0.502. The van der Waals surface area contributed by atoms with Gasteiger partial charge in [0.05, 0.1) is 4.99 Å². The van der Waals surface area contributed by atoms with Crippen molar-refractivity contribution < 1.29 is 0 Å². The fraction of sp³-hybridized carbons (Fsp3) is 0. The average molecular weight is 158 g/mol. The second kappa shape index (κ2) is 2.07. The summed E-state index contributed by atoms with van der Waals surface area (Å²) in [6.45, 7) is 0. The van der Waals surface area contributed by atoms with Gasteiger partial charge in [-0.25, -0.2) is 0 Å². The van der Waals surface area contributed by atoms with Crippen LogP contribution in [-0.4, -0.2) is 6.21 Å². The van der Waals surface area contributed by atoms with Crippen LogP contribution in [0.5, 0.6) is 0 Å². The van der Waals surface area contributed by atoms with Gasteiger partial charge < -0.3 is 0 Å². The van der Waals surface area contributed by atoms with Crippen LogP contribution in [0, 0.1) is 0 Å². The molecule has 1 aliphatic rings.